The van der Waals surface area contributed by atoms with Crippen LogP contribution in [0.15, 0.2) is 36.7 Å². The van der Waals surface area contributed by atoms with Crippen molar-refractivity contribution in [1.29, 1.82) is 0 Å². The molecule has 0 aliphatic heterocycles. The highest BCUT2D eigenvalue weighted by Crippen LogP contribution is 2.32. The van der Waals surface area contributed by atoms with E-state index in [1.54, 1.807) is 12.4 Å². The zero-order valence-corrected chi connectivity index (χ0v) is 10.8. The first-order chi connectivity index (χ1) is 8.72. The van der Waals surface area contributed by atoms with Crippen LogP contribution in [0, 0.1) is 0 Å². The van der Waals surface area contributed by atoms with E-state index in [0.29, 0.717) is 0 Å². The maximum Gasteiger partial charge on any atom is 0.152 e. The van der Waals surface area contributed by atoms with Gasteiger partial charge in [-0.2, -0.15) is 0 Å². The van der Waals surface area contributed by atoms with Gasteiger partial charge in [0.2, 0.25) is 0 Å². The molecule has 0 aliphatic rings. The van der Waals surface area contributed by atoms with Crippen LogP contribution in [0.25, 0.3) is 11.3 Å². The van der Waals surface area contributed by atoms with Gasteiger partial charge in [-0.3, -0.25) is 4.98 Å². The molecule has 0 fully saturated rings. The Bertz CT molecular complexity index is 526. The van der Waals surface area contributed by atoms with Crippen molar-refractivity contribution in [3.8, 4) is 17.0 Å². The highest BCUT2D eigenvalue weighted by Gasteiger charge is 2.12. The van der Waals surface area contributed by atoms with E-state index in [2.05, 4.69) is 15.3 Å². The Labute approximate surface area is 107 Å². The van der Waals surface area contributed by atoms with Crippen molar-refractivity contribution in [1.82, 2.24) is 9.97 Å². The second-order valence-corrected chi connectivity index (χ2v) is 4.17. The Kier molecular flexibility index (Phi) is 3.77. The highest BCUT2D eigenvalue weighted by molar-refractivity contribution is 5.75. The summed E-state index contributed by atoms with van der Waals surface area (Å²) in [7, 11) is 1.83. The summed E-state index contributed by atoms with van der Waals surface area (Å²) < 4.78 is 5.80. The van der Waals surface area contributed by atoms with Crippen LogP contribution < -0.4 is 10.1 Å². The van der Waals surface area contributed by atoms with Gasteiger partial charge in [-0.15, -0.1) is 0 Å². The number of rotatable bonds is 4. The van der Waals surface area contributed by atoms with Gasteiger partial charge < -0.3 is 10.1 Å². The molecule has 0 bridgehead atoms. The predicted octanol–water partition coefficient (Wildman–Crippen LogP) is 2.97. The van der Waals surface area contributed by atoms with E-state index in [1.807, 2.05) is 45.2 Å². The maximum absolute atomic E-state index is 5.80. The molecule has 0 aliphatic carbocycles. The number of hydrogen-bond acceptors (Lipinski definition) is 4. The summed E-state index contributed by atoms with van der Waals surface area (Å²) in [5.74, 6) is 1.57. The van der Waals surface area contributed by atoms with Gasteiger partial charge in [0.1, 0.15) is 11.4 Å². The number of para-hydroxylation sites is 1. The molecule has 0 saturated carbocycles. The SMILES string of the molecule is CNc1nccnc1-c1ccccc1OC(C)C. The lowest BCUT2D eigenvalue weighted by Gasteiger charge is -2.15. The van der Waals surface area contributed by atoms with E-state index in [4.69, 9.17) is 4.74 Å². The van der Waals surface area contributed by atoms with Crippen molar-refractivity contribution >= 4 is 5.82 Å². The Balaban J connectivity index is 2.49. The summed E-state index contributed by atoms with van der Waals surface area (Å²) >= 11 is 0. The summed E-state index contributed by atoms with van der Waals surface area (Å²) in [5, 5.41) is 3.05. The molecule has 4 nitrogen and oxygen atoms in total. The van der Waals surface area contributed by atoms with E-state index in [0.717, 1.165) is 22.8 Å². The second kappa shape index (κ2) is 5.49. The standard InChI is InChI=1S/C14H17N3O/c1-10(2)18-12-7-5-4-6-11(12)13-14(15-3)17-9-8-16-13/h4-10H,1-3H3,(H,15,17). The first-order valence-corrected chi connectivity index (χ1v) is 5.97. The van der Waals surface area contributed by atoms with Crippen LogP contribution >= 0.6 is 0 Å². The fourth-order valence-electron chi connectivity index (χ4n) is 1.74. The van der Waals surface area contributed by atoms with Crippen molar-refractivity contribution in [3.63, 3.8) is 0 Å². The molecule has 1 aromatic carbocycles. The smallest absolute Gasteiger partial charge is 0.152 e. The number of hydrogen-bond donors (Lipinski definition) is 1. The first-order valence-electron chi connectivity index (χ1n) is 5.97. The van der Waals surface area contributed by atoms with Gasteiger partial charge in [0.15, 0.2) is 5.82 Å². The van der Waals surface area contributed by atoms with Gasteiger partial charge in [-0.1, -0.05) is 12.1 Å². The van der Waals surface area contributed by atoms with Crippen LogP contribution in [0.3, 0.4) is 0 Å². The zero-order chi connectivity index (χ0) is 13.0. The van der Waals surface area contributed by atoms with Gasteiger partial charge >= 0.3 is 0 Å². The molecule has 2 rings (SSSR count). The molecule has 0 saturated heterocycles. The molecule has 2 aromatic rings. The quantitative estimate of drug-likeness (QED) is 0.896. The van der Waals surface area contributed by atoms with Crippen molar-refractivity contribution in [2.75, 3.05) is 12.4 Å². The molecular weight excluding hydrogens is 226 g/mol. The minimum atomic E-state index is 0.126. The topological polar surface area (TPSA) is 47.0 Å². The average molecular weight is 243 g/mol. The lowest BCUT2D eigenvalue weighted by molar-refractivity contribution is 0.243. The highest BCUT2D eigenvalue weighted by atomic mass is 16.5. The Morgan fingerprint density at radius 3 is 2.56 bits per heavy atom. The molecular formula is C14H17N3O. The van der Waals surface area contributed by atoms with E-state index >= 15 is 0 Å². The second-order valence-electron chi connectivity index (χ2n) is 4.17. The van der Waals surface area contributed by atoms with Crippen LogP contribution in [0.5, 0.6) is 5.75 Å². The number of anilines is 1. The summed E-state index contributed by atoms with van der Waals surface area (Å²) in [5.41, 5.74) is 1.75. The molecule has 0 unspecified atom stereocenters. The van der Waals surface area contributed by atoms with Crippen molar-refractivity contribution in [3.05, 3.63) is 36.7 Å². The van der Waals surface area contributed by atoms with Crippen LogP contribution in [0.2, 0.25) is 0 Å². The normalized spacial score (nSPS) is 10.4. The van der Waals surface area contributed by atoms with Gasteiger partial charge in [0, 0.05) is 25.0 Å². The molecule has 0 spiro atoms. The van der Waals surface area contributed by atoms with Crippen molar-refractivity contribution < 1.29 is 4.74 Å². The van der Waals surface area contributed by atoms with Gasteiger partial charge in [0.05, 0.1) is 6.10 Å². The third-order valence-electron chi connectivity index (χ3n) is 2.44. The summed E-state index contributed by atoms with van der Waals surface area (Å²) in [6.07, 6.45) is 3.48. The predicted molar refractivity (Wildman–Crippen MR) is 72.8 cm³/mol. The minimum Gasteiger partial charge on any atom is -0.490 e. The van der Waals surface area contributed by atoms with Gasteiger partial charge in [0.25, 0.3) is 0 Å². The third-order valence-corrected chi connectivity index (χ3v) is 2.44. The molecule has 94 valence electrons. The number of benzene rings is 1. The Morgan fingerprint density at radius 2 is 1.83 bits per heavy atom. The van der Waals surface area contributed by atoms with Crippen LogP contribution in [0.1, 0.15) is 13.8 Å². The third kappa shape index (κ3) is 2.59. The van der Waals surface area contributed by atoms with E-state index < -0.39 is 0 Å². The Morgan fingerprint density at radius 1 is 1.11 bits per heavy atom. The lowest BCUT2D eigenvalue weighted by Crippen LogP contribution is -2.07. The van der Waals surface area contributed by atoms with E-state index in [-0.39, 0.29) is 6.10 Å². The number of ether oxygens (including phenoxy) is 1. The maximum atomic E-state index is 5.80. The molecule has 18 heavy (non-hydrogen) atoms. The number of nitrogens with one attached hydrogen (secondary N) is 1. The fourth-order valence-corrected chi connectivity index (χ4v) is 1.74. The fraction of sp³-hybridized carbons (Fsp3) is 0.286. The molecule has 0 amide bonds. The monoisotopic (exact) mass is 243 g/mol. The summed E-state index contributed by atoms with van der Waals surface area (Å²) in [6.45, 7) is 4.01. The van der Waals surface area contributed by atoms with E-state index in [1.165, 1.54) is 0 Å². The van der Waals surface area contributed by atoms with Crippen molar-refractivity contribution in [2.24, 2.45) is 0 Å². The zero-order valence-electron chi connectivity index (χ0n) is 10.8. The molecule has 1 aromatic heterocycles. The lowest BCUT2D eigenvalue weighted by atomic mass is 10.1. The molecule has 1 N–H and O–H groups in total. The number of nitrogens with zero attached hydrogens (tertiary/aromatic N) is 2. The molecule has 4 heteroatoms. The minimum absolute atomic E-state index is 0.126. The van der Waals surface area contributed by atoms with Gasteiger partial charge in [-0.05, 0) is 26.0 Å². The first kappa shape index (κ1) is 12.4. The van der Waals surface area contributed by atoms with Crippen LogP contribution in [-0.2, 0) is 0 Å². The van der Waals surface area contributed by atoms with Crippen LogP contribution in [-0.4, -0.2) is 23.1 Å². The summed E-state index contributed by atoms with van der Waals surface area (Å²) in [6, 6.07) is 7.86. The molecule has 0 radical (unpaired) electrons. The van der Waals surface area contributed by atoms with Crippen molar-refractivity contribution in [2.45, 2.75) is 20.0 Å². The van der Waals surface area contributed by atoms with Crippen LogP contribution in [0.4, 0.5) is 5.82 Å². The number of aromatic nitrogens is 2. The summed E-state index contributed by atoms with van der Waals surface area (Å²) in [4.78, 5) is 8.65. The van der Waals surface area contributed by atoms with Gasteiger partial charge in [-0.25, -0.2) is 4.98 Å². The molecule has 1 heterocycles. The Hall–Kier alpha value is -2.10. The largest absolute Gasteiger partial charge is 0.490 e. The van der Waals surface area contributed by atoms with E-state index in [9.17, 15) is 0 Å². The average Bonchev–Trinajstić information content (AvgIpc) is 2.39. The molecule has 0 atom stereocenters.